The Bertz CT molecular complexity index is 1940. The van der Waals surface area contributed by atoms with Crippen LogP contribution in [0.4, 0.5) is 0 Å². The second kappa shape index (κ2) is 8.14. The number of benzene rings is 2. The fourth-order valence-corrected chi connectivity index (χ4v) is 5.44. The predicted molar refractivity (Wildman–Crippen MR) is 152 cm³/mol. The first-order valence-electron chi connectivity index (χ1n) is 11.9. The Morgan fingerprint density at radius 3 is 2.54 bits per heavy atom. The highest BCUT2D eigenvalue weighted by molar-refractivity contribution is 6.51. The van der Waals surface area contributed by atoms with Crippen LogP contribution in [-0.4, -0.2) is 26.3 Å². The third-order valence-corrected chi connectivity index (χ3v) is 6.92. The third kappa shape index (κ3) is 3.01. The molecule has 0 aliphatic rings. The van der Waals surface area contributed by atoms with Gasteiger partial charge in [-0.3, -0.25) is 0 Å². The van der Waals surface area contributed by atoms with Crippen molar-refractivity contribution in [3.63, 3.8) is 0 Å². The maximum Gasteiger partial charge on any atom is 0.321 e. The summed E-state index contributed by atoms with van der Waals surface area (Å²) in [6, 6.07) is 16.8. The van der Waals surface area contributed by atoms with Gasteiger partial charge in [-0.2, -0.15) is 0 Å². The predicted octanol–water partition coefficient (Wildman–Crippen LogP) is 4.40. The minimum absolute atomic E-state index is 0.580. The molecular formula is C30H25BN4. The highest BCUT2D eigenvalue weighted by atomic mass is 15.0. The Morgan fingerprint density at radius 2 is 1.77 bits per heavy atom. The molecule has 168 valence electrons. The summed E-state index contributed by atoms with van der Waals surface area (Å²) in [6.45, 7) is 12.5. The van der Waals surface area contributed by atoms with Crippen molar-refractivity contribution in [2.75, 3.05) is 0 Å². The van der Waals surface area contributed by atoms with E-state index in [0.717, 1.165) is 44.3 Å². The van der Waals surface area contributed by atoms with Crippen molar-refractivity contribution < 1.29 is 0 Å². The van der Waals surface area contributed by atoms with Gasteiger partial charge >= 0.3 is 7.41 Å². The van der Waals surface area contributed by atoms with Gasteiger partial charge in [0.1, 0.15) is 5.72 Å². The average molecular weight is 452 g/mol. The Hall–Kier alpha value is -4.38. The lowest BCUT2D eigenvalue weighted by molar-refractivity contribution is 1.17. The van der Waals surface area contributed by atoms with Gasteiger partial charge in [-0.25, -0.2) is 9.97 Å². The zero-order valence-electron chi connectivity index (χ0n) is 20.0. The molecule has 0 saturated carbocycles. The molecule has 0 aliphatic carbocycles. The molecule has 2 aromatic carbocycles. The topological polar surface area (TPSA) is 35.1 Å². The number of aromatic nitrogens is 4. The molecule has 0 aliphatic heterocycles. The molecule has 6 rings (SSSR count). The number of nitrogens with zero attached hydrogens (tertiary/aromatic N) is 4. The first-order valence-corrected chi connectivity index (χ1v) is 11.9. The molecule has 0 unspecified atom stereocenters. The van der Waals surface area contributed by atoms with Crippen LogP contribution in [0.25, 0.3) is 62.4 Å². The molecule has 0 atom stereocenters. The first-order chi connectivity index (χ1) is 17.2. The molecule has 4 heterocycles. The molecule has 0 amide bonds. The molecule has 4 aromatic heterocycles. The Morgan fingerprint density at radius 1 is 0.914 bits per heavy atom. The molecular weight excluding hydrogens is 427 g/mol. The smallest absolute Gasteiger partial charge is 0.321 e. The van der Waals surface area contributed by atoms with Crippen molar-refractivity contribution in [3.05, 3.63) is 95.9 Å². The van der Waals surface area contributed by atoms with Crippen molar-refractivity contribution in [1.29, 1.82) is 0 Å². The lowest BCUT2D eigenvalue weighted by atomic mass is 9.91. The molecule has 35 heavy (non-hydrogen) atoms. The van der Waals surface area contributed by atoms with Gasteiger partial charge in [0, 0.05) is 44.6 Å². The second-order valence-electron chi connectivity index (χ2n) is 8.67. The van der Waals surface area contributed by atoms with Gasteiger partial charge in [-0.05, 0) is 49.1 Å². The van der Waals surface area contributed by atoms with Crippen molar-refractivity contribution in [3.8, 4) is 0 Å². The van der Waals surface area contributed by atoms with Crippen LogP contribution in [0, 0.1) is 0 Å². The van der Waals surface area contributed by atoms with Crippen LogP contribution in [0.2, 0.25) is 0 Å². The SMILES string of the molecule is C=Cc1ccn2c(C=C)c3/c(=C\C)n(Bc4ncc5ccccc5n4)c4cccc(/c(=C/C)c12)c34. The van der Waals surface area contributed by atoms with E-state index in [1.54, 1.807) is 0 Å². The Kier molecular flexibility index (Phi) is 4.92. The summed E-state index contributed by atoms with van der Waals surface area (Å²) < 4.78 is 4.58. The first kappa shape index (κ1) is 21.2. The van der Waals surface area contributed by atoms with Gasteiger partial charge in [0.05, 0.1) is 16.7 Å². The summed E-state index contributed by atoms with van der Waals surface area (Å²) in [5.41, 5.74) is 6.23. The number of fused-ring (bicyclic) bond motifs is 2. The minimum atomic E-state index is 0.580. The molecule has 5 heteroatoms. The standard InChI is InChI=1S/C30H25BN4/c1-5-19-16-17-34-24(7-3)28-25(8-4)35(31-30-32-18-20-12-9-10-14-23(20)33-30)26-15-11-13-22(27(26)28)21(6-2)29(19)34/h5-18,31H,1,3H2,2,4H3/b21-6-,25-8+. The zero-order valence-corrected chi connectivity index (χ0v) is 20.0. The van der Waals surface area contributed by atoms with E-state index >= 15 is 0 Å². The van der Waals surface area contributed by atoms with Crippen LogP contribution in [0.3, 0.4) is 0 Å². The highest BCUT2D eigenvalue weighted by Gasteiger charge is 2.19. The summed E-state index contributed by atoms with van der Waals surface area (Å²) in [6.07, 6.45) is 12.3. The molecule has 0 N–H and O–H groups in total. The Labute approximate surface area is 204 Å². The largest absolute Gasteiger partial charge is 0.380 e. The zero-order chi connectivity index (χ0) is 24.1. The van der Waals surface area contributed by atoms with Gasteiger partial charge in [0.15, 0.2) is 0 Å². The van der Waals surface area contributed by atoms with Crippen LogP contribution in [0.15, 0.2) is 74.1 Å². The van der Waals surface area contributed by atoms with E-state index in [9.17, 15) is 0 Å². The van der Waals surface area contributed by atoms with Crippen molar-refractivity contribution in [2.24, 2.45) is 0 Å². The summed E-state index contributed by atoms with van der Waals surface area (Å²) in [5.74, 6) is 0. The fourth-order valence-electron chi connectivity index (χ4n) is 5.44. The van der Waals surface area contributed by atoms with E-state index in [4.69, 9.17) is 9.97 Å². The van der Waals surface area contributed by atoms with Gasteiger partial charge < -0.3 is 8.88 Å². The van der Waals surface area contributed by atoms with Crippen LogP contribution in [0.5, 0.6) is 0 Å². The quantitative estimate of drug-likeness (QED) is 0.372. The van der Waals surface area contributed by atoms with Crippen LogP contribution in [-0.2, 0) is 0 Å². The van der Waals surface area contributed by atoms with E-state index in [0.29, 0.717) is 7.41 Å². The summed E-state index contributed by atoms with van der Waals surface area (Å²) >= 11 is 0. The maximum atomic E-state index is 4.86. The third-order valence-electron chi connectivity index (χ3n) is 6.92. The molecule has 0 bridgehead atoms. The highest BCUT2D eigenvalue weighted by Crippen LogP contribution is 2.28. The van der Waals surface area contributed by atoms with Crippen LogP contribution < -0.4 is 16.3 Å². The Balaban J connectivity index is 1.79. The summed E-state index contributed by atoms with van der Waals surface area (Å²) in [4.78, 5) is 9.56. The van der Waals surface area contributed by atoms with Crippen molar-refractivity contribution in [2.45, 2.75) is 13.8 Å². The summed E-state index contributed by atoms with van der Waals surface area (Å²) in [7, 11) is 0.580. The lowest BCUT2D eigenvalue weighted by Crippen LogP contribution is -2.34. The van der Waals surface area contributed by atoms with Crippen molar-refractivity contribution in [1.82, 2.24) is 18.8 Å². The second-order valence-corrected chi connectivity index (χ2v) is 8.67. The normalized spacial score (nSPS) is 12.9. The molecule has 4 nitrogen and oxygen atoms in total. The van der Waals surface area contributed by atoms with Gasteiger partial charge in [0.25, 0.3) is 0 Å². The molecule has 0 radical (unpaired) electrons. The number of rotatable bonds is 4. The van der Waals surface area contributed by atoms with Crippen LogP contribution >= 0.6 is 0 Å². The van der Waals surface area contributed by atoms with Gasteiger partial charge in [-0.1, -0.05) is 61.7 Å². The van der Waals surface area contributed by atoms with E-state index in [1.165, 1.54) is 21.4 Å². The van der Waals surface area contributed by atoms with E-state index in [1.807, 2.05) is 42.6 Å². The lowest BCUT2D eigenvalue weighted by Gasteiger charge is -2.06. The number of para-hydroxylation sites is 1. The fraction of sp³-hybridized carbons (Fsp3) is 0.0667. The van der Waals surface area contributed by atoms with Crippen LogP contribution in [0.1, 0.15) is 25.1 Å². The molecule has 0 spiro atoms. The minimum Gasteiger partial charge on any atom is -0.380 e. The van der Waals surface area contributed by atoms with E-state index in [2.05, 4.69) is 78.5 Å². The monoisotopic (exact) mass is 452 g/mol. The van der Waals surface area contributed by atoms with E-state index < -0.39 is 0 Å². The maximum absolute atomic E-state index is 4.86. The number of hydrogen-bond donors (Lipinski definition) is 0. The molecule has 6 aromatic rings. The molecule has 0 fully saturated rings. The molecule has 0 saturated heterocycles. The summed E-state index contributed by atoms with van der Waals surface area (Å²) in [5, 5.41) is 6.99. The van der Waals surface area contributed by atoms with Gasteiger partial charge in [0.2, 0.25) is 0 Å². The van der Waals surface area contributed by atoms with Gasteiger partial charge in [-0.15, -0.1) is 0 Å². The van der Waals surface area contributed by atoms with Crippen molar-refractivity contribution >= 4 is 75.5 Å². The average Bonchev–Trinajstić information content (AvgIpc) is 3.41. The van der Waals surface area contributed by atoms with E-state index in [-0.39, 0.29) is 0 Å². The number of hydrogen-bond acceptors (Lipinski definition) is 2.